The molecule has 0 radical (unpaired) electrons. The predicted octanol–water partition coefficient (Wildman–Crippen LogP) is 2.37. The first-order chi connectivity index (χ1) is 12.6. The fourth-order valence-electron chi connectivity index (χ4n) is 2.55. The first-order valence-electron chi connectivity index (χ1n) is 8.68. The summed E-state index contributed by atoms with van der Waals surface area (Å²) in [5.74, 6) is 0. The SMILES string of the molecule is Cc1c(NCCCCNC(=O)OC(C)(C)C)c([N+](=O)[O-])c2nnnn2c1C. The van der Waals surface area contributed by atoms with E-state index in [9.17, 15) is 14.9 Å². The summed E-state index contributed by atoms with van der Waals surface area (Å²) in [7, 11) is 0. The van der Waals surface area contributed by atoms with Crippen LogP contribution in [0.3, 0.4) is 0 Å². The Balaban J connectivity index is 1.94. The number of hydrogen-bond donors (Lipinski definition) is 2. The minimum atomic E-state index is -0.533. The number of amides is 1. The van der Waals surface area contributed by atoms with Crippen LogP contribution in [0.15, 0.2) is 0 Å². The molecule has 0 aromatic carbocycles. The van der Waals surface area contributed by atoms with Gasteiger partial charge in [-0.3, -0.25) is 10.1 Å². The molecule has 0 fully saturated rings. The summed E-state index contributed by atoms with van der Waals surface area (Å²) in [5, 5.41) is 28.4. The molecule has 0 aliphatic carbocycles. The standard InChI is InChI=1S/C16H25N7O4/c1-10-11(2)22-14(19-20-21-22)13(23(25)26)12(10)17-8-6-7-9-18-15(24)27-16(3,4)5/h17H,6-9H2,1-5H3,(H,18,24). The Bertz CT molecular complexity index is 841. The number of pyridine rings is 1. The number of carbonyl (C=O) groups excluding carboxylic acids is 1. The lowest BCUT2D eigenvalue weighted by atomic mass is 10.1. The third-order valence-electron chi connectivity index (χ3n) is 3.91. The largest absolute Gasteiger partial charge is 0.444 e. The van der Waals surface area contributed by atoms with Gasteiger partial charge in [0.2, 0.25) is 0 Å². The van der Waals surface area contributed by atoms with Gasteiger partial charge in [-0.2, -0.15) is 4.52 Å². The molecular formula is C16H25N7O4. The van der Waals surface area contributed by atoms with Crippen molar-refractivity contribution >= 4 is 23.1 Å². The van der Waals surface area contributed by atoms with E-state index in [0.29, 0.717) is 37.2 Å². The summed E-state index contributed by atoms with van der Waals surface area (Å²) in [6, 6.07) is 0. The second kappa shape index (κ2) is 8.14. The molecule has 1 amide bonds. The molecule has 2 N–H and O–H groups in total. The Hall–Kier alpha value is -2.98. The van der Waals surface area contributed by atoms with Crippen molar-refractivity contribution in [1.29, 1.82) is 0 Å². The van der Waals surface area contributed by atoms with Crippen LogP contribution in [0.1, 0.15) is 44.9 Å². The third-order valence-corrected chi connectivity index (χ3v) is 3.91. The molecule has 0 saturated heterocycles. The Morgan fingerprint density at radius 2 is 1.93 bits per heavy atom. The second-order valence-electron chi connectivity index (χ2n) is 7.17. The van der Waals surface area contributed by atoms with E-state index in [1.54, 1.807) is 34.6 Å². The van der Waals surface area contributed by atoms with E-state index >= 15 is 0 Å². The molecular weight excluding hydrogens is 354 g/mol. The van der Waals surface area contributed by atoms with Gasteiger partial charge in [0.15, 0.2) is 0 Å². The molecule has 0 aliphatic rings. The number of tetrazole rings is 1. The lowest BCUT2D eigenvalue weighted by Crippen LogP contribution is -2.33. The summed E-state index contributed by atoms with van der Waals surface area (Å²) in [4.78, 5) is 22.6. The van der Waals surface area contributed by atoms with Gasteiger partial charge in [0.05, 0.1) is 4.92 Å². The molecule has 0 unspecified atom stereocenters. The molecule has 11 nitrogen and oxygen atoms in total. The normalized spacial score (nSPS) is 11.4. The van der Waals surface area contributed by atoms with E-state index < -0.39 is 16.6 Å². The number of hydrogen-bond acceptors (Lipinski definition) is 8. The average Bonchev–Trinajstić information content (AvgIpc) is 3.02. The maximum absolute atomic E-state index is 11.6. The molecule has 0 bridgehead atoms. The Labute approximate surface area is 156 Å². The lowest BCUT2D eigenvalue weighted by molar-refractivity contribution is -0.382. The van der Waals surface area contributed by atoms with Crippen LogP contribution in [0.25, 0.3) is 5.65 Å². The molecule has 0 aliphatic heterocycles. The van der Waals surface area contributed by atoms with E-state index in [1.165, 1.54) is 4.52 Å². The average molecular weight is 379 g/mol. The van der Waals surface area contributed by atoms with Crippen LogP contribution in [-0.2, 0) is 4.74 Å². The number of rotatable bonds is 7. The minimum Gasteiger partial charge on any atom is -0.444 e. The van der Waals surface area contributed by atoms with Crippen molar-refractivity contribution in [3.63, 3.8) is 0 Å². The van der Waals surface area contributed by atoms with Gasteiger partial charge in [0, 0.05) is 24.3 Å². The summed E-state index contributed by atoms with van der Waals surface area (Å²) >= 11 is 0. The monoisotopic (exact) mass is 379 g/mol. The van der Waals surface area contributed by atoms with E-state index in [4.69, 9.17) is 4.74 Å². The number of carbonyl (C=O) groups is 1. The van der Waals surface area contributed by atoms with Gasteiger partial charge in [0.25, 0.3) is 5.65 Å². The first kappa shape index (κ1) is 20.3. The topological polar surface area (TPSA) is 137 Å². The van der Waals surface area contributed by atoms with Crippen LogP contribution in [0.4, 0.5) is 16.2 Å². The van der Waals surface area contributed by atoms with Crippen molar-refractivity contribution in [2.75, 3.05) is 18.4 Å². The Kier molecular flexibility index (Phi) is 6.13. The molecule has 2 heterocycles. The molecule has 2 aromatic heterocycles. The van der Waals surface area contributed by atoms with Crippen LogP contribution < -0.4 is 10.6 Å². The molecule has 27 heavy (non-hydrogen) atoms. The number of unbranched alkanes of at least 4 members (excludes halogenated alkanes) is 1. The Morgan fingerprint density at radius 3 is 2.56 bits per heavy atom. The van der Waals surface area contributed by atoms with Gasteiger partial charge in [-0.05, 0) is 57.9 Å². The van der Waals surface area contributed by atoms with E-state index in [0.717, 1.165) is 5.69 Å². The zero-order valence-corrected chi connectivity index (χ0v) is 16.2. The third kappa shape index (κ3) is 5.02. The number of ether oxygens (including phenoxy) is 1. The fraction of sp³-hybridized carbons (Fsp3) is 0.625. The molecule has 0 spiro atoms. The van der Waals surface area contributed by atoms with Crippen molar-refractivity contribution in [1.82, 2.24) is 25.4 Å². The summed E-state index contributed by atoms with van der Waals surface area (Å²) in [6.07, 6.45) is 0.955. The number of nitrogens with one attached hydrogen (secondary N) is 2. The number of aromatic nitrogens is 4. The maximum atomic E-state index is 11.6. The zero-order valence-electron chi connectivity index (χ0n) is 16.2. The number of alkyl carbamates (subject to hydrolysis) is 1. The molecule has 11 heteroatoms. The van der Waals surface area contributed by atoms with Crippen LogP contribution in [-0.4, -0.2) is 49.7 Å². The maximum Gasteiger partial charge on any atom is 0.407 e. The quantitative estimate of drug-likeness (QED) is 0.425. The second-order valence-corrected chi connectivity index (χ2v) is 7.17. The Morgan fingerprint density at radius 1 is 1.26 bits per heavy atom. The van der Waals surface area contributed by atoms with E-state index in [-0.39, 0.29) is 11.3 Å². The highest BCUT2D eigenvalue weighted by atomic mass is 16.6. The van der Waals surface area contributed by atoms with Gasteiger partial charge in [-0.15, -0.1) is 5.10 Å². The van der Waals surface area contributed by atoms with Gasteiger partial charge in [-0.1, -0.05) is 0 Å². The van der Waals surface area contributed by atoms with Crippen molar-refractivity contribution in [3.8, 4) is 0 Å². The minimum absolute atomic E-state index is 0.109. The van der Waals surface area contributed by atoms with Crippen LogP contribution >= 0.6 is 0 Å². The van der Waals surface area contributed by atoms with Gasteiger partial charge >= 0.3 is 11.8 Å². The highest BCUT2D eigenvalue weighted by molar-refractivity contribution is 5.78. The number of anilines is 1. The van der Waals surface area contributed by atoms with Crippen molar-refractivity contribution in [3.05, 3.63) is 21.4 Å². The van der Waals surface area contributed by atoms with Crippen molar-refractivity contribution < 1.29 is 14.5 Å². The smallest absolute Gasteiger partial charge is 0.407 e. The lowest BCUT2D eigenvalue weighted by Gasteiger charge is -2.19. The molecule has 0 saturated carbocycles. The van der Waals surface area contributed by atoms with Gasteiger partial charge in [0.1, 0.15) is 11.3 Å². The zero-order chi connectivity index (χ0) is 20.2. The van der Waals surface area contributed by atoms with Crippen LogP contribution in [0.5, 0.6) is 0 Å². The predicted molar refractivity (Wildman–Crippen MR) is 98.9 cm³/mol. The summed E-state index contributed by atoms with van der Waals surface area (Å²) in [6.45, 7) is 9.97. The number of aryl methyl sites for hydroxylation is 1. The fourth-order valence-corrected chi connectivity index (χ4v) is 2.55. The molecule has 148 valence electrons. The van der Waals surface area contributed by atoms with Crippen LogP contribution in [0.2, 0.25) is 0 Å². The van der Waals surface area contributed by atoms with Crippen molar-refractivity contribution in [2.24, 2.45) is 0 Å². The number of fused-ring (bicyclic) bond motifs is 1. The summed E-state index contributed by atoms with van der Waals surface area (Å²) in [5.41, 5.74) is 1.30. The van der Waals surface area contributed by atoms with Crippen LogP contribution in [0, 0.1) is 24.0 Å². The number of nitrogens with zero attached hydrogens (tertiary/aromatic N) is 5. The van der Waals surface area contributed by atoms with Gasteiger partial charge in [-0.25, -0.2) is 4.79 Å². The molecule has 2 aromatic rings. The molecule has 2 rings (SSSR count). The molecule has 0 atom stereocenters. The number of nitro groups is 1. The van der Waals surface area contributed by atoms with Crippen molar-refractivity contribution in [2.45, 2.75) is 53.1 Å². The highest BCUT2D eigenvalue weighted by Crippen LogP contribution is 2.33. The first-order valence-corrected chi connectivity index (χ1v) is 8.68. The highest BCUT2D eigenvalue weighted by Gasteiger charge is 2.26. The van der Waals surface area contributed by atoms with E-state index in [1.807, 2.05) is 0 Å². The van der Waals surface area contributed by atoms with E-state index in [2.05, 4.69) is 26.2 Å². The van der Waals surface area contributed by atoms with Gasteiger partial charge < -0.3 is 15.4 Å². The summed E-state index contributed by atoms with van der Waals surface area (Å²) < 4.78 is 6.52.